The van der Waals surface area contributed by atoms with Gasteiger partial charge in [-0.05, 0) is 23.3 Å². The molecule has 0 bridgehead atoms. The number of hydrogen-bond donors (Lipinski definition) is 2. The Kier molecular flexibility index (Phi) is 3.58. The Morgan fingerprint density at radius 1 is 1.25 bits per heavy atom. The number of ether oxygens (including phenoxy) is 2. The molecule has 4 heteroatoms. The van der Waals surface area contributed by atoms with Gasteiger partial charge in [-0.15, -0.1) is 0 Å². The first-order valence-electron chi connectivity index (χ1n) is 6.68. The van der Waals surface area contributed by atoms with Crippen LogP contribution in [0.3, 0.4) is 0 Å². The molecule has 3 rings (SSSR count). The summed E-state index contributed by atoms with van der Waals surface area (Å²) in [6.07, 6.45) is 0.951. The summed E-state index contributed by atoms with van der Waals surface area (Å²) in [4.78, 5) is 0. The Balaban J connectivity index is 2.01. The largest absolute Gasteiger partial charge is 0.496 e. The molecule has 0 amide bonds. The highest BCUT2D eigenvalue weighted by molar-refractivity contribution is 5.46. The molecule has 3 N–H and O–H groups in total. The van der Waals surface area contributed by atoms with Gasteiger partial charge in [0.25, 0.3) is 0 Å². The molecule has 1 heterocycles. The third kappa shape index (κ3) is 2.24. The van der Waals surface area contributed by atoms with Gasteiger partial charge in [-0.1, -0.05) is 30.3 Å². The van der Waals surface area contributed by atoms with Crippen molar-refractivity contribution >= 4 is 0 Å². The van der Waals surface area contributed by atoms with E-state index in [0.29, 0.717) is 0 Å². The number of para-hydroxylation sites is 1. The molecule has 2 aromatic rings. The number of nitrogens with one attached hydrogen (secondary N) is 1. The molecule has 0 saturated carbocycles. The number of fused-ring (bicyclic) bond motifs is 1. The standard InChI is InChI=1S/C16H18N2O2/c1-19-15-5-3-2-4-13(15)16(18-17)12-6-7-14-11(10-12)8-9-20-14/h2-7,10,16,18H,8-9,17H2,1H3. The van der Waals surface area contributed by atoms with Crippen LogP contribution in [0.5, 0.6) is 11.5 Å². The van der Waals surface area contributed by atoms with Crippen LogP contribution in [-0.4, -0.2) is 13.7 Å². The summed E-state index contributed by atoms with van der Waals surface area (Å²) >= 11 is 0. The third-order valence-electron chi connectivity index (χ3n) is 3.66. The maximum atomic E-state index is 5.77. The summed E-state index contributed by atoms with van der Waals surface area (Å²) in [5.41, 5.74) is 6.25. The highest BCUT2D eigenvalue weighted by Gasteiger charge is 2.19. The number of methoxy groups -OCH3 is 1. The van der Waals surface area contributed by atoms with E-state index in [1.165, 1.54) is 5.56 Å². The van der Waals surface area contributed by atoms with Crippen molar-refractivity contribution in [1.29, 1.82) is 0 Å². The van der Waals surface area contributed by atoms with Crippen molar-refractivity contribution in [3.8, 4) is 11.5 Å². The van der Waals surface area contributed by atoms with Gasteiger partial charge in [0, 0.05) is 12.0 Å². The van der Waals surface area contributed by atoms with E-state index < -0.39 is 0 Å². The van der Waals surface area contributed by atoms with Crippen LogP contribution in [0.2, 0.25) is 0 Å². The summed E-state index contributed by atoms with van der Waals surface area (Å²) in [5.74, 6) is 7.57. The molecule has 0 aromatic heterocycles. The van der Waals surface area contributed by atoms with E-state index in [1.807, 2.05) is 36.4 Å². The molecule has 1 aliphatic rings. The molecule has 0 radical (unpaired) electrons. The van der Waals surface area contributed by atoms with Gasteiger partial charge in [0.15, 0.2) is 0 Å². The van der Waals surface area contributed by atoms with Crippen LogP contribution in [0.25, 0.3) is 0 Å². The normalized spacial score (nSPS) is 14.5. The molecule has 4 nitrogen and oxygen atoms in total. The minimum atomic E-state index is -0.1000. The average molecular weight is 270 g/mol. The van der Waals surface area contributed by atoms with E-state index in [1.54, 1.807) is 7.11 Å². The average Bonchev–Trinajstić information content (AvgIpc) is 2.96. The van der Waals surface area contributed by atoms with Gasteiger partial charge in [-0.25, -0.2) is 5.43 Å². The summed E-state index contributed by atoms with van der Waals surface area (Å²) in [6, 6.07) is 14.0. The van der Waals surface area contributed by atoms with Gasteiger partial charge in [-0.2, -0.15) is 0 Å². The Morgan fingerprint density at radius 2 is 2.10 bits per heavy atom. The Bertz CT molecular complexity index is 613. The van der Waals surface area contributed by atoms with Crippen molar-refractivity contribution in [2.75, 3.05) is 13.7 Å². The van der Waals surface area contributed by atoms with Gasteiger partial charge in [0.2, 0.25) is 0 Å². The number of hydrogen-bond acceptors (Lipinski definition) is 4. The number of rotatable bonds is 4. The lowest BCUT2D eigenvalue weighted by molar-refractivity contribution is 0.356. The summed E-state index contributed by atoms with van der Waals surface area (Å²) in [5, 5.41) is 0. The fourth-order valence-electron chi connectivity index (χ4n) is 2.66. The summed E-state index contributed by atoms with van der Waals surface area (Å²) in [6.45, 7) is 0.758. The van der Waals surface area contributed by atoms with Crippen LogP contribution >= 0.6 is 0 Å². The second-order valence-electron chi connectivity index (χ2n) is 4.81. The lowest BCUT2D eigenvalue weighted by atomic mass is 9.96. The molecular formula is C16H18N2O2. The lowest BCUT2D eigenvalue weighted by Gasteiger charge is -2.20. The second kappa shape index (κ2) is 5.53. The zero-order valence-corrected chi connectivity index (χ0v) is 11.4. The third-order valence-corrected chi connectivity index (χ3v) is 3.66. The minimum absolute atomic E-state index is 0.1000. The van der Waals surface area contributed by atoms with Crippen LogP contribution < -0.4 is 20.7 Å². The smallest absolute Gasteiger partial charge is 0.124 e. The predicted octanol–water partition coefficient (Wildman–Crippen LogP) is 2.18. The topological polar surface area (TPSA) is 56.5 Å². The van der Waals surface area contributed by atoms with Gasteiger partial charge < -0.3 is 9.47 Å². The van der Waals surface area contributed by atoms with Gasteiger partial charge in [-0.3, -0.25) is 5.84 Å². The second-order valence-corrected chi connectivity index (χ2v) is 4.81. The van der Waals surface area contributed by atoms with E-state index in [-0.39, 0.29) is 6.04 Å². The van der Waals surface area contributed by atoms with Crippen LogP contribution in [0.15, 0.2) is 42.5 Å². The van der Waals surface area contributed by atoms with Crippen molar-refractivity contribution in [2.45, 2.75) is 12.5 Å². The molecule has 1 aliphatic heterocycles. The van der Waals surface area contributed by atoms with E-state index in [4.69, 9.17) is 15.3 Å². The van der Waals surface area contributed by atoms with Crippen molar-refractivity contribution in [3.05, 3.63) is 59.2 Å². The highest BCUT2D eigenvalue weighted by Crippen LogP contribution is 2.33. The van der Waals surface area contributed by atoms with E-state index in [9.17, 15) is 0 Å². The van der Waals surface area contributed by atoms with Crippen molar-refractivity contribution in [1.82, 2.24) is 5.43 Å². The van der Waals surface area contributed by atoms with Gasteiger partial charge in [0.1, 0.15) is 11.5 Å². The van der Waals surface area contributed by atoms with E-state index in [2.05, 4.69) is 11.5 Å². The van der Waals surface area contributed by atoms with Crippen LogP contribution in [0.1, 0.15) is 22.7 Å². The van der Waals surface area contributed by atoms with Crippen molar-refractivity contribution in [3.63, 3.8) is 0 Å². The molecule has 0 fully saturated rings. The molecular weight excluding hydrogens is 252 g/mol. The fourth-order valence-corrected chi connectivity index (χ4v) is 2.66. The zero-order chi connectivity index (χ0) is 13.9. The van der Waals surface area contributed by atoms with E-state index in [0.717, 1.165) is 35.7 Å². The predicted molar refractivity (Wildman–Crippen MR) is 77.8 cm³/mol. The fraction of sp³-hybridized carbons (Fsp3) is 0.250. The summed E-state index contributed by atoms with van der Waals surface area (Å²) in [7, 11) is 1.67. The highest BCUT2D eigenvalue weighted by atomic mass is 16.5. The summed E-state index contributed by atoms with van der Waals surface area (Å²) < 4.78 is 11.0. The first-order valence-corrected chi connectivity index (χ1v) is 6.68. The first kappa shape index (κ1) is 13.0. The molecule has 1 atom stereocenters. The molecule has 2 aromatic carbocycles. The molecule has 0 aliphatic carbocycles. The molecule has 0 spiro atoms. The Hall–Kier alpha value is -2.04. The quantitative estimate of drug-likeness (QED) is 0.660. The van der Waals surface area contributed by atoms with Crippen LogP contribution in [0, 0.1) is 0 Å². The van der Waals surface area contributed by atoms with Crippen LogP contribution in [-0.2, 0) is 6.42 Å². The molecule has 104 valence electrons. The monoisotopic (exact) mass is 270 g/mol. The number of benzene rings is 2. The number of nitrogens with two attached hydrogens (primary N) is 1. The lowest BCUT2D eigenvalue weighted by Crippen LogP contribution is -2.29. The van der Waals surface area contributed by atoms with E-state index >= 15 is 0 Å². The first-order chi connectivity index (χ1) is 9.83. The van der Waals surface area contributed by atoms with Gasteiger partial charge in [0.05, 0.1) is 19.8 Å². The van der Waals surface area contributed by atoms with Crippen LogP contribution in [0.4, 0.5) is 0 Å². The molecule has 1 unspecified atom stereocenters. The van der Waals surface area contributed by atoms with Crippen molar-refractivity contribution < 1.29 is 9.47 Å². The van der Waals surface area contributed by atoms with Crippen molar-refractivity contribution in [2.24, 2.45) is 5.84 Å². The maximum absolute atomic E-state index is 5.77. The number of hydrazine groups is 1. The Labute approximate surface area is 118 Å². The SMILES string of the molecule is COc1ccccc1C(NN)c1ccc2c(c1)CCO2. The Morgan fingerprint density at radius 3 is 2.90 bits per heavy atom. The van der Waals surface area contributed by atoms with Gasteiger partial charge >= 0.3 is 0 Å². The zero-order valence-electron chi connectivity index (χ0n) is 11.4. The maximum Gasteiger partial charge on any atom is 0.124 e. The minimum Gasteiger partial charge on any atom is -0.496 e. The molecule has 0 saturated heterocycles. The molecule has 20 heavy (non-hydrogen) atoms.